The van der Waals surface area contributed by atoms with E-state index < -0.39 is 0 Å². The molecule has 9 aromatic carbocycles. The highest BCUT2D eigenvalue weighted by molar-refractivity contribution is 7.25. The lowest BCUT2D eigenvalue weighted by Gasteiger charge is -2.10. The number of para-hydroxylation sites is 2. The normalized spacial score (nSPS) is 12.9. The highest BCUT2D eigenvalue weighted by Crippen LogP contribution is 2.42. The van der Waals surface area contributed by atoms with E-state index in [4.69, 9.17) is 20.7 Å². The van der Waals surface area contributed by atoms with E-state index in [1.165, 1.54) is 0 Å². The second-order valence-corrected chi connectivity index (χ2v) is 16.1. The van der Waals surface area contributed by atoms with Crippen LogP contribution in [0.1, 0.15) is 8.22 Å². The van der Waals surface area contributed by atoms with Crippen molar-refractivity contribution in [1.29, 1.82) is 0 Å². The van der Waals surface area contributed by atoms with Crippen molar-refractivity contribution in [3.05, 3.63) is 212 Å². The highest BCUT2D eigenvalue weighted by atomic mass is 32.1. The Bertz CT molecular complexity index is 3970. The quantitative estimate of drug-likeness (QED) is 0.161. The number of benzene rings is 9. The largest absolute Gasteiger partial charge is 0.455 e. The minimum Gasteiger partial charge on any atom is -0.455 e. The number of fused-ring (bicyclic) bond motifs is 6. The number of hydrogen-bond acceptors (Lipinski definition) is 5. The van der Waals surface area contributed by atoms with Gasteiger partial charge in [-0.05, 0) is 57.6 Å². The van der Waals surface area contributed by atoms with Crippen molar-refractivity contribution < 1.29 is 12.6 Å². The maximum absolute atomic E-state index is 9.68. The summed E-state index contributed by atoms with van der Waals surface area (Å²) >= 11 is 1.08. The second-order valence-electron chi connectivity index (χ2n) is 15.0. The van der Waals surface area contributed by atoms with Gasteiger partial charge in [0.2, 0.25) is 0 Å². The van der Waals surface area contributed by atoms with Crippen molar-refractivity contribution >= 4 is 53.4 Å². The molecule has 0 saturated heterocycles. The van der Waals surface area contributed by atoms with Crippen LogP contribution in [0.2, 0.25) is 0 Å². The lowest BCUT2D eigenvalue weighted by molar-refractivity contribution is 0.671. The Balaban J connectivity index is 1.01. The number of nitrogens with zero attached hydrogens (tertiary/aromatic N) is 3. The van der Waals surface area contributed by atoms with Gasteiger partial charge in [0.05, 0.1) is 8.22 Å². The number of rotatable bonds is 7. The summed E-state index contributed by atoms with van der Waals surface area (Å²) in [5, 5.41) is 2.51. The first-order valence-electron chi connectivity index (χ1n) is 23.3. The Morgan fingerprint density at radius 1 is 0.339 bits per heavy atom. The summed E-state index contributed by atoms with van der Waals surface area (Å²) in [6.45, 7) is 0. The van der Waals surface area contributed by atoms with Crippen LogP contribution in [0.15, 0.2) is 217 Å². The van der Waals surface area contributed by atoms with Crippen molar-refractivity contribution in [3.8, 4) is 78.7 Å². The van der Waals surface area contributed by atoms with Gasteiger partial charge in [-0.1, -0.05) is 188 Å². The number of aromatic nitrogens is 3. The van der Waals surface area contributed by atoms with Gasteiger partial charge in [-0.3, -0.25) is 0 Å². The van der Waals surface area contributed by atoms with Crippen molar-refractivity contribution in [1.82, 2.24) is 15.0 Å². The SMILES string of the molecule is [2H]c1c(-c2ccc(-c3ccccc3)cc2)c([2H])c2c(sc3c([2H])c(-c4nc(-c5ccccc5)nc(-c5cccc(-c6cccc7c6oc6c(-c8ccccc8)cccc67)c5)n4)c([2H])c([2H])c32)c1[2H]. The third-order valence-electron chi connectivity index (χ3n) is 11.2. The molecule has 0 aliphatic rings. The summed E-state index contributed by atoms with van der Waals surface area (Å²) in [6, 6.07) is 56.5. The summed E-state index contributed by atoms with van der Waals surface area (Å²) in [5.74, 6) is 0.686. The van der Waals surface area contributed by atoms with E-state index in [-0.39, 0.29) is 64.0 Å². The molecule has 290 valence electrons. The molecular formula is C57H35N3OS. The topological polar surface area (TPSA) is 51.8 Å². The second kappa shape index (κ2) is 14.9. The average molecular weight is 816 g/mol. The Kier molecular flexibility index (Phi) is 7.25. The first kappa shape index (κ1) is 30.1. The lowest BCUT2D eigenvalue weighted by atomic mass is 9.99. The summed E-state index contributed by atoms with van der Waals surface area (Å²) in [4.78, 5) is 14.8. The van der Waals surface area contributed by atoms with E-state index in [0.29, 0.717) is 37.7 Å². The Morgan fingerprint density at radius 3 is 1.52 bits per heavy atom. The molecule has 0 spiro atoms. The fourth-order valence-corrected chi connectivity index (χ4v) is 9.13. The minimum absolute atomic E-state index is 0.0246. The molecule has 12 aromatic rings. The monoisotopic (exact) mass is 815 g/mol. The Morgan fingerprint density at radius 2 is 0.839 bits per heavy atom. The van der Waals surface area contributed by atoms with Crippen LogP contribution in [0, 0.1) is 0 Å². The van der Waals surface area contributed by atoms with E-state index in [2.05, 4.69) is 36.4 Å². The van der Waals surface area contributed by atoms with E-state index in [0.717, 1.165) is 66.7 Å². The molecule has 0 atom stereocenters. The maximum atomic E-state index is 9.68. The number of hydrogen-bond donors (Lipinski definition) is 0. The molecule has 0 fully saturated rings. The first-order chi connectivity index (χ1) is 33.2. The third kappa shape index (κ3) is 6.35. The summed E-state index contributed by atoms with van der Waals surface area (Å²) in [7, 11) is 0. The molecule has 0 amide bonds. The van der Waals surface area contributed by atoms with Crippen molar-refractivity contribution in [2.45, 2.75) is 0 Å². The van der Waals surface area contributed by atoms with Gasteiger partial charge in [0.25, 0.3) is 0 Å². The van der Waals surface area contributed by atoms with Crippen LogP contribution in [0.4, 0.5) is 0 Å². The molecule has 3 aromatic heterocycles. The van der Waals surface area contributed by atoms with E-state index in [9.17, 15) is 6.85 Å². The zero-order valence-corrected chi connectivity index (χ0v) is 33.7. The highest BCUT2D eigenvalue weighted by Gasteiger charge is 2.18. The fourth-order valence-electron chi connectivity index (χ4n) is 8.16. The molecule has 3 heterocycles. The number of furan rings is 1. The standard InChI is InChI=1S/C57H35N3OS/c1-4-13-36(14-5-1)37-25-27-38(28-26-37)41-30-32-51-50(34-41)47-31-29-44(35-52(47)62-51)57-59-55(40-17-8-3-9-18-40)58-56(60-57)43-20-10-19-42(33-43)46-22-12-24-49-48-23-11-21-45(53(48)61-54(46)49)39-15-6-2-7-16-39/h1-35H/i29D,30D,31D,32D,34D,35D. The minimum atomic E-state index is -0.284. The van der Waals surface area contributed by atoms with Crippen molar-refractivity contribution in [2.24, 2.45) is 0 Å². The molecule has 4 nitrogen and oxygen atoms in total. The molecule has 12 rings (SSSR count). The molecular weight excluding hydrogens is 775 g/mol. The zero-order valence-electron chi connectivity index (χ0n) is 38.9. The van der Waals surface area contributed by atoms with Crippen LogP contribution in [0.5, 0.6) is 0 Å². The van der Waals surface area contributed by atoms with Gasteiger partial charge in [-0.15, -0.1) is 11.3 Å². The molecule has 0 N–H and O–H groups in total. The Labute approximate surface area is 370 Å². The maximum Gasteiger partial charge on any atom is 0.164 e. The van der Waals surface area contributed by atoms with Crippen LogP contribution in [-0.2, 0) is 0 Å². The summed E-state index contributed by atoms with van der Waals surface area (Å²) in [5.41, 5.74) is 9.65. The first-order valence-corrected chi connectivity index (χ1v) is 21.1. The molecule has 0 aliphatic heterocycles. The Hall–Kier alpha value is -7.99. The predicted octanol–water partition coefficient (Wildman–Crippen LogP) is 15.8. The average Bonchev–Trinajstić information content (AvgIpc) is 3.99. The molecule has 0 aliphatic carbocycles. The summed E-state index contributed by atoms with van der Waals surface area (Å²) in [6.07, 6.45) is 0. The van der Waals surface area contributed by atoms with Gasteiger partial charge in [0.1, 0.15) is 11.2 Å². The van der Waals surface area contributed by atoms with Crippen LogP contribution in [-0.4, -0.2) is 15.0 Å². The van der Waals surface area contributed by atoms with E-state index >= 15 is 0 Å². The van der Waals surface area contributed by atoms with Gasteiger partial charge in [-0.25, -0.2) is 15.0 Å². The van der Waals surface area contributed by atoms with Crippen LogP contribution < -0.4 is 0 Å². The van der Waals surface area contributed by atoms with Crippen LogP contribution in [0.25, 0.3) is 121 Å². The summed E-state index contributed by atoms with van der Waals surface area (Å²) < 4.78 is 63.8. The zero-order chi connectivity index (χ0) is 46.2. The van der Waals surface area contributed by atoms with Gasteiger partial charge in [0, 0.05) is 58.8 Å². The molecule has 0 saturated carbocycles. The fraction of sp³-hybridized carbons (Fsp3) is 0. The van der Waals surface area contributed by atoms with Crippen LogP contribution in [0.3, 0.4) is 0 Å². The van der Waals surface area contributed by atoms with Crippen molar-refractivity contribution in [3.63, 3.8) is 0 Å². The number of thiophene rings is 1. The third-order valence-corrected chi connectivity index (χ3v) is 12.2. The molecule has 0 radical (unpaired) electrons. The molecule has 0 bridgehead atoms. The van der Waals surface area contributed by atoms with E-state index in [1.54, 1.807) is 0 Å². The van der Waals surface area contributed by atoms with Crippen LogP contribution >= 0.6 is 11.3 Å². The van der Waals surface area contributed by atoms with Gasteiger partial charge < -0.3 is 4.42 Å². The van der Waals surface area contributed by atoms with E-state index in [1.807, 2.05) is 140 Å². The predicted molar refractivity (Wildman–Crippen MR) is 258 cm³/mol. The lowest BCUT2D eigenvalue weighted by Crippen LogP contribution is -2.00. The van der Waals surface area contributed by atoms with Gasteiger partial charge in [-0.2, -0.15) is 0 Å². The van der Waals surface area contributed by atoms with Gasteiger partial charge in [0.15, 0.2) is 17.5 Å². The molecule has 62 heavy (non-hydrogen) atoms. The molecule has 5 heteroatoms. The van der Waals surface area contributed by atoms with Gasteiger partial charge >= 0.3 is 0 Å². The van der Waals surface area contributed by atoms with Crippen molar-refractivity contribution in [2.75, 3.05) is 0 Å². The smallest absolute Gasteiger partial charge is 0.164 e. The molecule has 0 unspecified atom stereocenters.